The smallest absolute Gasteiger partial charge is 0.220 e. The Balaban J connectivity index is 1.98. The largest absolute Gasteiger partial charge is 0.394 e. The molecule has 1 amide bonds. The number of hydrogen-bond donors (Lipinski definition) is 6. The Morgan fingerprint density at radius 2 is 0.778 bits per heavy atom. The van der Waals surface area contributed by atoms with Gasteiger partial charge in [-0.3, -0.25) is 4.79 Å². The maximum Gasteiger partial charge on any atom is 0.220 e. The van der Waals surface area contributed by atoms with Crippen LogP contribution in [0.4, 0.5) is 0 Å². The Morgan fingerprint density at radius 1 is 0.458 bits per heavy atom. The minimum Gasteiger partial charge on any atom is -0.394 e. The first kappa shape index (κ1) is 68.9. The van der Waals surface area contributed by atoms with Gasteiger partial charge in [0.1, 0.15) is 24.4 Å². The number of hydrogen-bond acceptors (Lipinski definition) is 8. The van der Waals surface area contributed by atoms with Crippen molar-refractivity contribution in [2.24, 2.45) is 0 Å². The summed E-state index contributed by atoms with van der Waals surface area (Å²) in [4.78, 5) is 13.0. The van der Waals surface area contributed by atoms with E-state index in [4.69, 9.17) is 9.47 Å². The molecule has 1 fully saturated rings. The molecule has 0 aromatic heterocycles. The molecule has 6 N–H and O–H groups in total. The molecule has 0 saturated carbocycles. The topological polar surface area (TPSA) is 149 Å². The summed E-state index contributed by atoms with van der Waals surface area (Å²) in [7, 11) is 0. The molecule has 0 radical (unpaired) electrons. The summed E-state index contributed by atoms with van der Waals surface area (Å²) in [6, 6.07) is -0.714. The van der Waals surface area contributed by atoms with Gasteiger partial charge in [-0.15, -0.1) is 0 Å². The lowest BCUT2D eigenvalue weighted by molar-refractivity contribution is -0.302. The van der Waals surface area contributed by atoms with Gasteiger partial charge in [-0.1, -0.05) is 296 Å². The number of aliphatic hydroxyl groups is 5. The van der Waals surface area contributed by atoms with E-state index in [1.165, 1.54) is 263 Å². The molecule has 72 heavy (non-hydrogen) atoms. The molecule has 0 aromatic carbocycles. The summed E-state index contributed by atoms with van der Waals surface area (Å²) in [6.45, 7) is 3.85. The molecule has 0 bridgehead atoms. The number of rotatable bonds is 56. The molecule has 1 aliphatic rings. The van der Waals surface area contributed by atoms with Crippen LogP contribution in [0.1, 0.15) is 328 Å². The third-order valence-corrected chi connectivity index (χ3v) is 15.6. The molecular weight excluding hydrogens is 899 g/mol. The van der Waals surface area contributed by atoms with Gasteiger partial charge < -0.3 is 40.3 Å². The zero-order chi connectivity index (χ0) is 52.2. The van der Waals surface area contributed by atoms with E-state index in [1.807, 2.05) is 0 Å². The van der Waals surface area contributed by atoms with Crippen molar-refractivity contribution in [1.82, 2.24) is 5.32 Å². The van der Waals surface area contributed by atoms with E-state index >= 15 is 0 Å². The molecule has 1 aliphatic heterocycles. The molecule has 1 rings (SSSR count). The first-order valence-electron chi connectivity index (χ1n) is 31.9. The standard InChI is InChI=1S/C63H123NO8/c1-3-5-7-9-11-13-15-16-17-18-19-20-21-22-23-24-25-26-27-28-29-30-31-32-33-34-35-36-37-38-39-40-41-42-43-45-47-49-51-53-59(67)64-56(55-71-63-62(70)61(69)60(68)58(54-65)72-63)57(66)52-50-48-46-44-14-12-10-8-6-4-2/h28-29,56-58,60-63,65-66,68-70H,3-27,30-55H2,1-2H3,(H,64,67)/b29-28-. The highest BCUT2D eigenvalue weighted by Crippen LogP contribution is 2.24. The Kier molecular flexibility index (Phi) is 51.1. The van der Waals surface area contributed by atoms with E-state index in [2.05, 4.69) is 31.3 Å². The number of unbranched alkanes of at least 4 members (excludes halogenated alkanes) is 44. The summed E-state index contributed by atoms with van der Waals surface area (Å²) in [5.41, 5.74) is 0. The van der Waals surface area contributed by atoms with E-state index < -0.39 is 49.5 Å². The molecule has 1 saturated heterocycles. The predicted octanol–water partition coefficient (Wildman–Crippen LogP) is 16.4. The lowest BCUT2D eigenvalue weighted by atomic mass is 9.99. The van der Waals surface area contributed by atoms with Crippen LogP contribution < -0.4 is 5.32 Å². The number of carbonyl (C=O) groups excluding carboxylic acids is 1. The first-order valence-corrected chi connectivity index (χ1v) is 31.9. The fraction of sp³-hybridized carbons (Fsp3) is 0.952. The molecule has 0 aromatic rings. The second-order valence-electron chi connectivity index (χ2n) is 22.6. The van der Waals surface area contributed by atoms with Crippen LogP contribution in [0.3, 0.4) is 0 Å². The normalized spacial score (nSPS) is 19.1. The summed E-state index contributed by atoms with van der Waals surface area (Å²) < 4.78 is 11.3. The van der Waals surface area contributed by atoms with Crippen LogP contribution in [-0.2, 0) is 14.3 Å². The van der Waals surface area contributed by atoms with E-state index in [0.29, 0.717) is 12.8 Å². The van der Waals surface area contributed by atoms with Crippen LogP contribution in [0.25, 0.3) is 0 Å². The van der Waals surface area contributed by atoms with Crippen molar-refractivity contribution in [2.45, 2.75) is 371 Å². The molecule has 428 valence electrons. The number of nitrogens with one attached hydrogen (secondary N) is 1. The minimum absolute atomic E-state index is 0.134. The third-order valence-electron chi connectivity index (χ3n) is 15.6. The van der Waals surface area contributed by atoms with Crippen molar-refractivity contribution < 1.29 is 39.8 Å². The molecule has 1 heterocycles. The average Bonchev–Trinajstić information content (AvgIpc) is 3.38. The van der Waals surface area contributed by atoms with Crippen LogP contribution in [0.2, 0.25) is 0 Å². The van der Waals surface area contributed by atoms with Crippen LogP contribution in [0.5, 0.6) is 0 Å². The molecule has 7 atom stereocenters. The van der Waals surface area contributed by atoms with Gasteiger partial charge in [-0.25, -0.2) is 0 Å². The van der Waals surface area contributed by atoms with Crippen molar-refractivity contribution >= 4 is 5.91 Å². The van der Waals surface area contributed by atoms with Gasteiger partial charge in [0.05, 0.1) is 25.4 Å². The van der Waals surface area contributed by atoms with Crippen LogP contribution in [-0.4, -0.2) is 87.5 Å². The fourth-order valence-electron chi connectivity index (χ4n) is 10.6. The molecule has 7 unspecified atom stereocenters. The molecule has 9 heteroatoms. The summed E-state index contributed by atoms with van der Waals surface area (Å²) >= 11 is 0. The second kappa shape index (κ2) is 53.3. The summed E-state index contributed by atoms with van der Waals surface area (Å²) in [5, 5.41) is 54.5. The fourth-order valence-corrected chi connectivity index (χ4v) is 10.6. The Bertz CT molecular complexity index is 1140. The molecule has 0 aliphatic carbocycles. The zero-order valence-electron chi connectivity index (χ0n) is 47.7. The number of allylic oxidation sites excluding steroid dienone is 2. The maximum atomic E-state index is 13.0. The summed E-state index contributed by atoms with van der Waals surface area (Å²) in [5.74, 6) is -0.140. The van der Waals surface area contributed by atoms with Crippen molar-refractivity contribution in [3.8, 4) is 0 Å². The van der Waals surface area contributed by atoms with Crippen molar-refractivity contribution in [3.05, 3.63) is 12.2 Å². The van der Waals surface area contributed by atoms with Crippen LogP contribution in [0.15, 0.2) is 12.2 Å². The zero-order valence-corrected chi connectivity index (χ0v) is 47.7. The maximum absolute atomic E-state index is 13.0. The van der Waals surface area contributed by atoms with Crippen molar-refractivity contribution in [1.29, 1.82) is 0 Å². The molecular formula is C63H123NO8. The number of ether oxygens (including phenoxy) is 2. The highest BCUT2D eigenvalue weighted by atomic mass is 16.7. The number of amides is 1. The first-order chi connectivity index (χ1) is 35.3. The Labute approximate surface area is 446 Å². The molecule has 9 nitrogen and oxygen atoms in total. The lowest BCUT2D eigenvalue weighted by Gasteiger charge is -2.40. The van der Waals surface area contributed by atoms with Gasteiger partial charge in [0.25, 0.3) is 0 Å². The van der Waals surface area contributed by atoms with Gasteiger partial charge in [-0.05, 0) is 38.5 Å². The van der Waals surface area contributed by atoms with E-state index in [1.54, 1.807) is 0 Å². The quantitative estimate of drug-likeness (QED) is 0.0261. The predicted molar refractivity (Wildman–Crippen MR) is 304 cm³/mol. The minimum atomic E-state index is -1.55. The van der Waals surface area contributed by atoms with Gasteiger partial charge in [0.15, 0.2) is 6.29 Å². The average molecular weight is 1020 g/mol. The lowest BCUT2D eigenvalue weighted by Crippen LogP contribution is -2.60. The van der Waals surface area contributed by atoms with Gasteiger partial charge in [0.2, 0.25) is 5.91 Å². The monoisotopic (exact) mass is 1020 g/mol. The third kappa shape index (κ3) is 42.1. The van der Waals surface area contributed by atoms with Crippen molar-refractivity contribution in [2.75, 3.05) is 13.2 Å². The van der Waals surface area contributed by atoms with E-state index in [0.717, 1.165) is 38.5 Å². The number of aliphatic hydroxyl groups excluding tert-OH is 5. The van der Waals surface area contributed by atoms with Crippen LogP contribution in [0, 0.1) is 0 Å². The van der Waals surface area contributed by atoms with Gasteiger partial charge in [0, 0.05) is 6.42 Å². The van der Waals surface area contributed by atoms with Crippen LogP contribution >= 0.6 is 0 Å². The Hall–Kier alpha value is -1.07. The van der Waals surface area contributed by atoms with E-state index in [-0.39, 0.29) is 12.5 Å². The second-order valence-corrected chi connectivity index (χ2v) is 22.6. The summed E-state index contributed by atoms with van der Waals surface area (Å²) in [6.07, 6.45) is 60.2. The Morgan fingerprint density at radius 3 is 1.12 bits per heavy atom. The van der Waals surface area contributed by atoms with Gasteiger partial charge in [-0.2, -0.15) is 0 Å². The van der Waals surface area contributed by atoms with Gasteiger partial charge >= 0.3 is 0 Å². The van der Waals surface area contributed by atoms with E-state index in [9.17, 15) is 30.3 Å². The highest BCUT2D eigenvalue weighted by molar-refractivity contribution is 5.76. The van der Waals surface area contributed by atoms with Crippen molar-refractivity contribution in [3.63, 3.8) is 0 Å². The molecule has 0 spiro atoms. The number of carbonyl (C=O) groups is 1. The highest BCUT2D eigenvalue weighted by Gasteiger charge is 2.44. The SMILES string of the molecule is CCCCCCCCCCCCCCCCCCCC/C=C\CCCCCCCCCCCCCCCCCCCC(=O)NC(COC1OC(CO)C(O)C(O)C1O)C(O)CCCCCCCCCCCC.